The molecule has 0 aliphatic rings. The Kier molecular flexibility index (Phi) is 10.9. The molecule has 2 nitrogen and oxygen atoms in total. The van der Waals surface area contributed by atoms with E-state index in [1.807, 2.05) is 0 Å². The summed E-state index contributed by atoms with van der Waals surface area (Å²) in [5, 5.41) is 9.52. The molecule has 0 bridgehead atoms. The molecule has 0 aromatic heterocycles. The van der Waals surface area contributed by atoms with Crippen LogP contribution in [0.25, 0.3) is 0 Å². The zero-order chi connectivity index (χ0) is 16.4. The Hall–Kier alpha value is 0.137. The van der Waals surface area contributed by atoms with Crippen molar-refractivity contribution < 1.29 is 9.53 Å². The predicted octanol–water partition coefficient (Wildman–Crippen LogP) is 5.90. The first-order valence-corrected chi connectivity index (χ1v) is 11.9. The van der Waals surface area contributed by atoms with Gasteiger partial charge in [-0.2, -0.15) is 0 Å². The molecule has 0 rings (SSSR count). The number of hydrogen-bond donors (Lipinski definition) is 1. The van der Waals surface area contributed by atoms with Crippen molar-refractivity contribution >= 4 is 8.32 Å². The molecule has 21 heavy (non-hydrogen) atoms. The number of aliphatic hydroxyl groups excluding tert-OH is 1. The molecular weight excluding hydrogens is 276 g/mol. The van der Waals surface area contributed by atoms with E-state index in [0.29, 0.717) is 0 Å². The fourth-order valence-corrected chi connectivity index (χ4v) is 3.75. The van der Waals surface area contributed by atoms with E-state index < -0.39 is 8.32 Å². The van der Waals surface area contributed by atoms with Gasteiger partial charge in [-0.05, 0) is 31.0 Å². The summed E-state index contributed by atoms with van der Waals surface area (Å²) in [5.74, 6) is 0. The Bertz CT molecular complexity index is 246. The lowest BCUT2D eigenvalue weighted by molar-refractivity contribution is 0.129. The minimum Gasteiger partial charge on any atom is -0.414 e. The second kappa shape index (κ2) is 10.8. The van der Waals surface area contributed by atoms with E-state index in [1.54, 1.807) is 0 Å². The highest BCUT2D eigenvalue weighted by molar-refractivity contribution is 6.74. The van der Waals surface area contributed by atoms with E-state index >= 15 is 0 Å². The van der Waals surface area contributed by atoms with Crippen LogP contribution in [0.3, 0.4) is 0 Å². The second-order valence-corrected chi connectivity index (χ2v) is 12.7. The molecule has 3 heteroatoms. The molecule has 1 unspecified atom stereocenters. The van der Waals surface area contributed by atoms with Gasteiger partial charge in [-0.1, -0.05) is 72.6 Å². The molecule has 0 saturated carbocycles. The van der Waals surface area contributed by atoms with Crippen LogP contribution in [0, 0.1) is 0 Å². The predicted molar refractivity (Wildman–Crippen MR) is 96.4 cm³/mol. The summed E-state index contributed by atoms with van der Waals surface area (Å²) in [4.78, 5) is 0. The number of rotatable bonds is 12. The van der Waals surface area contributed by atoms with Crippen LogP contribution in [-0.2, 0) is 4.43 Å². The van der Waals surface area contributed by atoms with Crippen molar-refractivity contribution in [3.63, 3.8) is 0 Å². The topological polar surface area (TPSA) is 29.5 Å². The van der Waals surface area contributed by atoms with Crippen LogP contribution in [-0.4, -0.2) is 26.1 Å². The minimum atomic E-state index is -1.70. The maximum Gasteiger partial charge on any atom is 0.192 e. The zero-order valence-electron chi connectivity index (χ0n) is 15.5. The normalized spacial score (nSPS) is 14.4. The van der Waals surface area contributed by atoms with E-state index in [9.17, 15) is 5.11 Å². The van der Waals surface area contributed by atoms with Gasteiger partial charge in [0.25, 0.3) is 0 Å². The highest BCUT2D eigenvalue weighted by Crippen LogP contribution is 2.38. The van der Waals surface area contributed by atoms with Gasteiger partial charge in [-0.25, -0.2) is 0 Å². The summed E-state index contributed by atoms with van der Waals surface area (Å²) in [6, 6.07) is 0. The van der Waals surface area contributed by atoms with Gasteiger partial charge in [-0.3, -0.25) is 0 Å². The van der Waals surface area contributed by atoms with Crippen molar-refractivity contribution in [1.29, 1.82) is 0 Å². The molecule has 0 radical (unpaired) electrons. The molecule has 0 aromatic rings. The van der Waals surface area contributed by atoms with Gasteiger partial charge in [0.2, 0.25) is 0 Å². The van der Waals surface area contributed by atoms with Crippen molar-refractivity contribution in [2.45, 2.75) is 110 Å². The maximum absolute atomic E-state index is 9.27. The molecular formula is C18H40O2Si. The average molecular weight is 317 g/mol. The molecule has 0 amide bonds. The van der Waals surface area contributed by atoms with Gasteiger partial charge in [0.1, 0.15) is 0 Å². The summed E-state index contributed by atoms with van der Waals surface area (Å²) < 4.78 is 6.47. The lowest BCUT2D eigenvalue weighted by Gasteiger charge is -2.39. The summed E-state index contributed by atoms with van der Waals surface area (Å²) >= 11 is 0. The molecule has 0 fully saturated rings. The second-order valence-electron chi connectivity index (χ2n) is 7.92. The molecule has 0 aromatic carbocycles. The van der Waals surface area contributed by atoms with E-state index in [4.69, 9.17) is 4.43 Å². The molecule has 0 spiro atoms. The summed E-state index contributed by atoms with van der Waals surface area (Å²) in [5.41, 5.74) is 0. The van der Waals surface area contributed by atoms with E-state index in [1.165, 1.54) is 44.9 Å². The van der Waals surface area contributed by atoms with Crippen molar-refractivity contribution in [1.82, 2.24) is 0 Å². The standard InChI is InChI=1S/C18H40O2Si/c1-7-8-9-10-11-12-13-14-17(15-16-19)20-21(5,6)18(2,3)4/h17,19H,7-16H2,1-6H3. The lowest BCUT2D eigenvalue weighted by Crippen LogP contribution is -2.44. The molecule has 0 heterocycles. The smallest absolute Gasteiger partial charge is 0.192 e. The summed E-state index contributed by atoms with van der Waals surface area (Å²) in [7, 11) is -1.70. The van der Waals surface area contributed by atoms with Gasteiger partial charge < -0.3 is 9.53 Å². The van der Waals surface area contributed by atoms with E-state index in [2.05, 4.69) is 40.8 Å². The number of unbranched alkanes of at least 4 members (excludes halogenated alkanes) is 6. The summed E-state index contributed by atoms with van der Waals surface area (Å²) in [6.07, 6.45) is 11.5. The Morgan fingerprint density at radius 1 is 0.905 bits per heavy atom. The maximum atomic E-state index is 9.27. The molecule has 0 aliphatic heterocycles. The van der Waals surface area contributed by atoms with E-state index in [0.717, 1.165) is 12.8 Å². The Morgan fingerprint density at radius 3 is 1.90 bits per heavy atom. The lowest BCUT2D eigenvalue weighted by atomic mass is 10.1. The Labute approximate surface area is 134 Å². The van der Waals surface area contributed by atoms with Crippen LogP contribution in [0.4, 0.5) is 0 Å². The third-order valence-corrected chi connectivity index (χ3v) is 9.38. The van der Waals surface area contributed by atoms with E-state index in [-0.39, 0.29) is 17.7 Å². The van der Waals surface area contributed by atoms with Gasteiger partial charge in [-0.15, -0.1) is 0 Å². The third-order valence-electron chi connectivity index (χ3n) is 4.85. The largest absolute Gasteiger partial charge is 0.414 e. The molecule has 1 atom stereocenters. The SMILES string of the molecule is CCCCCCCCCC(CCO)O[Si](C)(C)C(C)(C)C. The molecule has 0 aliphatic carbocycles. The number of hydrogen-bond acceptors (Lipinski definition) is 2. The fourth-order valence-electron chi connectivity index (χ4n) is 2.33. The first kappa shape index (κ1) is 21.1. The van der Waals surface area contributed by atoms with Crippen LogP contribution in [0.2, 0.25) is 18.1 Å². The minimum absolute atomic E-state index is 0.246. The van der Waals surface area contributed by atoms with Crippen LogP contribution >= 0.6 is 0 Å². The van der Waals surface area contributed by atoms with Gasteiger partial charge in [0.05, 0.1) is 0 Å². The monoisotopic (exact) mass is 316 g/mol. The van der Waals surface area contributed by atoms with Gasteiger partial charge >= 0.3 is 0 Å². The highest BCUT2D eigenvalue weighted by atomic mass is 28.4. The zero-order valence-corrected chi connectivity index (χ0v) is 16.5. The first-order chi connectivity index (χ1) is 9.74. The molecule has 1 N–H and O–H groups in total. The molecule has 128 valence electrons. The van der Waals surface area contributed by atoms with Gasteiger partial charge in [0, 0.05) is 12.7 Å². The Balaban J connectivity index is 4.03. The Morgan fingerprint density at radius 2 is 1.43 bits per heavy atom. The van der Waals surface area contributed by atoms with Crippen LogP contribution in [0.15, 0.2) is 0 Å². The molecule has 0 saturated heterocycles. The van der Waals surface area contributed by atoms with Crippen LogP contribution in [0.1, 0.15) is 85.5 Å². The quantitative estimate of drug-likeness (QED) is 0.359. The van der Waals surface area contributed by atoms with Crippen molar-refractivity contribution in [3.05, 3.63) is 0 Å². The van der Waals surface area contributed by atoms with Crippen molar-refractivity contribution in [3.8, 4) is 0 Å². The average Bonchev–Trinajstić information content (AvgIpc) is 2.36. The fraction of sp³-hybridized carbons (Fsp3) is 1.00. The van der Waals surface area contributed by atoms with Gasteiger partial charge in [0.15, 0.2) is 8.32 Å². The first-order valence-electron chi connectivity index (χ1n) is 9.03. The number of aliphatic hydroxyl groups is 1. The van der Waals surface area contributed by atoms with Crippen LogP contribution < -0.4 is 0 Å². The van der Waals surface area contributed by atoms with Crippen molar-refractivity contribution in [2.75, 3.05) is 6.61 Å². The van der Waals surface area contributed by atoms with Crippen LogP contribution in [0.5, 0.6) is 0 Å². The highest BCUT2D eigenvalue weighted by Gasteiger charge is 2.38. The summed E-state index contributed by atoms with van der Waals surface area (Å²) in [6.45, 7) is 14.0. The van der Waals surface area contributed by atoms with Crippen molar-refractivity contribution in [2.24, 2.45) is 0 Å². The third kappa shape index (κ3) is 9.70.